The van der Waals surface area contributed by atoms with Crippen molar-refractivity contribution in [2.45, 2.75) is 63.9 Å². The number of ketones is 1. The predicted octanol–water partition coefficient (Wildman–Crippen LogP) is 5.36. The van der Waals surface area contributed by atoms with E-state index in [9.17, 15) is 18.7 Å². The summed E-state index contributed by atoms with van der Waals surface area (Å²) in [5, 5.41) is 18.3. The normalized spacial score (nSPS) is 23.1. The van der Waals surface area contributed by atoms with E-state index < -0.39 is 23.2 Å². The summed E-state index contributed by atoms with van der Waals surface area (Å²) in [5.41, 5.74) is 2.04. The van der Waals surface area contributed by atoms with Gasteiger partial charge in [-0.15, -0.1) is 5.10 Å². The van der Waals surface area contributed by atoms with E-state index >= 15 is 0 Å². The number of pyridine rings is 1. The van der Waals surface area contributed by atoms with Gasteiger partial charge >= 0.3 is 0 Å². The highest BCUT2D eigenvalue weighted by Crippen LogP contribution is 2.69. The lowest BCUT2D eigenvalue weighted by Crippen LogP contribution is -2.38. The van der Waals surface area contributed by atoms with Gasteiger partial charge in [-0.3, -0.25) is 4.79 Å². The Morgan fingerprint density at radius 2 is 1.85 bits per heavy atom. The van der Waals surface area contributed by atoms with E-state index in [0.717, 1.165) is 29.8 Å². The first-order valence-electron chi connectivity index (χ1n) is 11.7. The molecule has 0 saturated heterocycles. The van der Waals surface area contributed by atoms with Crippen molar-refractivity contribution in [3.05, 3.63) is 76.7 Å². The maximum Gasteiger partial charge on any atom is 0.181 e. The zero-order chi connectivity index (χ0) is 24.3. The number of hydrogen-bond donors (Lipinski definition) is 1. The molecule has 0 spiro atoms. The molecular weight excluding hydrogens is 436 g/mol. The van der Waals surface area contributed by atoms with Crippen molar-refractivity contribution >= 4 is 5.78 Å². The van der Waals surface area contributed by atoms with Crippen molar-refractivity contribution in [3.8, 4) is 11.3 Å². The Hall–Kier alpha value is -3.06. The lowest BCUT2D eigenvalue weighted by molar-refractivity contribution is 0.0943. The van der Waals surface area contributed by atoms with Crippen molar-refractivity contribution in [1.82, 2.24) is 15.2 Å². The van der Waals surface area contributed by atoms with Crippen LogP contribution in [0.1, 0.15) is 79.8 Å². The van der Waals surface area contributed by atoms with Crippen LogP contribution in [0.15, 0.2) is 42.5 Å². The average Bonchev–Trinajstić information content (AvgIpc) is 3.18. The zero-order valence-electron chi connectivity index (χ0n) is 19.5. The monoisotopic (exact) mass is 463 g/mol. The van der Waals surface area contributed by atoms with Gasteiger partial charge < -0.3 is 5.11 Å². The fraction of sp³-hybridized carbons (Fsp3) is 0.407. The smallest absolute Gasteiger partial charge is 0.181 e. The highest BCUT2D eigenvalue weighted by atomic mass is 19.1. The van der Waals surface area contributed by atoms with E-state index in [-0.39, 0.29) is 34.8 Å². The van der Waals surface area contributed by atoms with Crippen LogP contribution in [-0.2, 0) is 5.41 Å². The topological polar surface area (TPSA) is 76.0 Å². The van der Waals surface area contributed by atoms with Crippen LogP contribution in [0.5, 0.6) is 0 Å². The number of aliphatic hydroxyl groups is 1. The molecule has 2 bridgehead atoms. The Bertz CT molecular complexity index is 1270. The first kappa shape index (κ1) is 22.7. The number of rotatable bonds is 6. The molecule has 0 radical (unpaired) electrons. The number of carbonyl (C=O) groups excluding carboxylic acids is 1. The van der Waals surface area contributed by atoms with Crippen LogP contribution < -0.4 is 0 Å². The van der Waals surface area contributed by atoms with Crippen LogP contribution in [0.25, 0.3) is 11.3 Å². The van der Waals surface area contributed by atoms with E-state index in [0.29, 0.717) is 12.1 Å². The van der Waals surface area contributed by atoms with Crippen molar-refractivity contribution < 1.29 is 18.7 Å². The van der Waals surface area contributed by atoms with E-state index in [1.54, 1.807) is 19.1 Å². The molecule has 7 heteroatoms. The molecule has 5 nitrogen and oxygen atoms in total. The highest BCUT2D eigenvalue weighted by molar-refractivity contribution is 5.94. The maximum absolute atomic E-state index is 14.4. The summed E-state index contributed by atoms with van der Waals surface area (Å²) in [7, 11) is 0. The third-order valence-electron chi connectivity index (χ3n) is 7.86. The van der Waals surface area contributed by atoms with Gasteiger partial charge in [-0.2, -0.15) is 5.10 Å². The summed E-state index contributed by atoms with van der Waals surface area (Å²) in [5.74, 6) is -1.32. The SMILES string of the molecule is C[C@@H](O)CCC(=O)c1cccc([C@@]23CC[C@@H](c4cc(-c5c(F)cccc5F)nnc42)C3(C)C)n1. The standard InChI is InChI=1S/C27H27F2N3O2/c1-15(33)10-11-22(34)20-8-5-9-23(30-20)27-13-12-17(26(27,2)3)16-14-21(31-32-25(16)27)24-18(28)6-4-7-19(24)29/h4-9,14-15,17,33H,10-13H2,1-3H3/t15-,17+,27+/m1/s1. The number of aliphatic hydroxyl groups excluding tert-OH is 1. The number of nitrogens with zero attached hydrogens (tertiary/aromatic N) is 3. The number of hydrogen-bond acceptors (Lipinski definition) is 5. The summed E-state index contributed by atoms with van der Waals surface area (Å²) in [6.07, 6.45) is 1.74. The first-order chi connectivity index (χ1) is 16.2. The molecule has 5 rings (SSSR count). The van der Waals surface area contributed by atoms with Crippen LogP contribution in [0.3, 0.4) is 0 Å². The third kappa shape index (κ3) is 3.21. The van der Waals surface area contributed by atoms with Gasteiger partial charge in [0.25, 0.3) is 0 Å². The van der Waals surface area contributed by atoms with Gasteiger partial charge in [0.1, 0.15) is 17.3 Å². The third-order valence-corrected chi connectivity index (χ3v) is 7.86. The fourth-order valence-corrected chi connectivity index (χ4v) is 6.05. The Labute approximate surface area is 197 Å². The first-order valence-corrected chi connectivity index (χ1v) is 11.7. The van der Waals surface area contributed by atoms with Crippen LogP contribution in [0.4, 0.5) is 8.78 Å². The molecule has 0 aliphatic heterocycles. The molecule has 176 valence electrons. The Balaban J connectivity index is 1.61. The summed E-state index contributed by atoms with van der Waals surface area (Å²) in [6, 6.07) is 11.0. The molecule has 2 aliphatic rings. The summed E-state index contributed by atoms with van der Waals surface area (Å²) in [6.45, 7) is 5.99. The highest BCUT2D eigenvalue weighted by Gasteiger charge is 2.65. The molecule has 1 N–H and O–H groups in total. The Morgan fingerprint density at radius 1 is 1.15 bits per heavy atom. The summed E-state index contributed by atoms with van der Waals surface area (Å²) < 4.78 is 28.9. The van der Waals surface area contributed by atoms with Crippen LogP contribution in [-0.4, -0.2) is 32.2 Å². The zero-order valence-corrected chi connectivity index (χ0v) is 19.5. The van der Waals surface area contributed by atoms with E-state index in [1.165, 1.54) is 18.2 Å². The second-order valence-corrected chi connectivity index (χ2v) is 10.1. The summed E-state index contributed by atoms with van der Waals surface area (Å²) >= 11 is 0. The lowest BCUT2D eigenvalue weighted by Gasteiger charge is -2.37. The van der Waals surface area contributed by atoms with Gasteiger partial charge in [-0.05, 0) is 73.4 Å². The molecular formula is C27H27F2N3O2. The quantitative estimate of drug-likeness (QED) is 0.498. The van der Waals surface area contributed by atoms with Gasteiger partial charge in [-0.25, -0.2) is 13.8 Å². The fourth-order valence-electron chi connectivity index (χ4n) is 6.05. The number of fused-ring (bicyclic) bond motifs is 5. The molecule has 2 aromatic heterocycles. The van der Waals surface area contributed by atoms with Crippen molar-refractivity contribution in [2.75, 3.05) is 0 Å². The molecule has 34 heavy (non-hydrogen) atoms. The van der Waals surface area contributed by atoms with Crippen LogP contribution >= 0.6 is 0 Å². The number of carbonyl (C=O) groups is 1. The minimum atomic E-state index is -0.670. The van der Waals surface area contributed by atoms with Gasteiger partial charge in [0.2, 0.25) is 0 Å². The molecule has 3 aromatic rings. The molecule has 2 heterocycles. The molecule has 1 aromatic carbocycles. The number of Topliss-reactive ketones (excluding diaryl/α,β-unsaturated/α-hetero) is 1. The van der Waals surface area contributed by atoms with Crippen molar-refractivity contribution in [2.24, 2.45) is 5.41 Å². The average molecular weight is 464 g/mol. The minimum Gasteiger partial charge on any atom is -0.393 e. The number of benzene rings is 1. The lowest BCUT2D eigenvalue weighted by atomic mass is 9.66. The van der Waals surface area contributed by atoms with E-state index in [2.05, 4.69) is 24.0 Å². The van der Waals surface area contributed by atoms with Gasteiger partial charge in [-0.1, -0.05) is 26.0 Å². The van der Waals surface area contributed by atoms with Crippen molar-refractivity contribution in [3.63, 3.8) is 0 Å². The van der Waals surface area contributed by atoms with Crippen LogP contribution in [0, 0.1) is 17.0 Å². The number of aromatic nitrogens is 3. The molecule has 0 unspecified atom stereocenters. The second-order valence-electron chi connectivity index (χ2n) is 10.1. The second kappa shape index (κ2) is 8.01. The van der Waals surface area contributed by atoms with Gasteiger partial charge in [0.15, 0.2) is 5.78 Å². The molecule has 3 atom stereocenters. The van der Waals surface area contributed by atoms with Gasteiger partial charge in [0, 0.05) is 6.42 Å². The largest absolute Gasteiger partial charge is 0.393 e. The van der Waals surface area contributed by atoms with Crippen molar-refractivity contribution in [1.29, 1.82) is 0 Å². The molecule has 1 saturated carbocycles. The Morgan fingerprint density at radius 3 is 2.56 bits per heavy atom. The number of halogens is 2. The van der Waals surface area contributed by atoms with E-state index in [4.69, 9.17) is 4.98 Å². The van der Waals surface area contributed by atoms with Gasteiger partial charge in [0.05, 0.1) is 34.2 Å². The van der Waals surface area contributed by atoms with E-state index in [1.807, 2.05) is 12.1 Å². The maximum atomic E-state index is 14.4. The molecule has 1 fully saturated rings. The minimum absolute atomic E-state index is 0.110. The molecule has 2 aliphatic carbocycles. The summed E-state index contributed by atoms with van der Waals surface area (Å²) in [4.78, 5) is 17.5. The van der Waals surface area contributed by atoms with Crippen LogP contribution in [0.2, 0.25) is 0 Å². The Kier molecular flexibility index (Phi) is 5.35. The predicted molar refractivity (Wildman–Crippen MR) is 123 cm³/mol. The molecule has 0 amide bonds.